The molecule has 0 bridgehead atoms. The van der Waals surface area contributed by atoms with E-state index in [-0.39, 0.29) is 0 Å². The van der Waals surface area contributed by atoms with Crippen molar-refractivity contribution in [3.63, 3.8) is 0 Å². The summed E-state index contributed by atoms with van der Waals surface area (Å²) in [5.41, 5.74) is 3.71. The highest BCUT2D eigenvalue weighted by molar-refractivity contribution is 6.30. The zero-order valence-corrected chi connectivity index (χ0v) is 8.12. The summed E-state index contributed by atoms with van der Waals surface area (Å²) in [6.07, 6.45) is 0. The van der Waals surface area contributed by atoms with Crippen molar-refractivity contribution < 1.29 is 5.21 Å². The summed E-state index contributed by atoms with van der Waals surface area (Å²) >= 11 is 5.92. The van der Waals surface area contributed by atoms with E-state index in [9.17, 15) is 0 Å². The average Bonchev–Trinajstić information content (AvgIpc) is 2.19. The summed E-state index contributed by atoms with van der Waals surface area (Å²) in [5, 5.41) is 10.0. The molecule has 0 aliphatic heterocycles. The van der Waals surface area contributed by atoms with Crippen molar-refractivity contribution in [1.29, 1.82) is 0 Å². The van der Waals surface area contributed by atoms with Gasteiger partial charge in [-0.25, -0.2) is 10.5 Å². The van der Waals surface area contributed by atoms with E-state index in [1.807, 2.05) is 30.3 Å². The van der Waals surface area contributed by atoms with E-state index < -0.39 is 0 Å². The molecule has 1 aromatic heterocycles. The SMILES string of the molecule is ONCc1cc2ccccc2nc1Cl. The van der Waals surface area contributed by atoms with Crippen LogP contribution in [-0.2, 0) is 6.54 Å². The van der Waals surface area contributed by atoms with E-state index in [1.54, 1.807) is 0 Å². The monoisotopic (exact) mass is 208 g/mol. The number of pyridine rings is 1. The van der Waals surface area contributed by atoms with E-state index in [0.29, 0.717) is 11.7 Å². The van der Waals surface area contributed by atoms with Crippen LogP contribution < -0.4 is 5.48 Å². The minimum atomic E-state index is 0.302. The van der Waals surface area contributed by atoms with Gasteiger partial charge in [-0.05, 0) is 12.1 Å². The molecule has 3 nitrogen and oxygen atoms in total. The number of halogens is 1. The fourth-order valence-electron chi connectivity index (χ4n) is 1.35. The molecule has 0 saturated heterocycles. The Morgan fingerprint density at radius 1 is 1.36 bits per heavy atom. The number of benzene rings is 1. The van der Waals surface area contributed by atoms with Crippen LogP contribution in [0.25, 0.3) is 10.9 Å². The molecule has 14 heavy (non-hydrogen) atoms. The van der Waals surface area contributed by atoms with Crippen molar-refractivity contribution in [3.8, 4) is 0 Å². The minimum Gasteiger partial charge on any atom is -0.316 e. The number of hydrogen-bond donors (Lipinski definition) is 2. The van der Waals surface area contributed by atoms with E-state index in [2.05, 4.69) is 10.5 Å². The van der Waals surface area contributed by atoms with E-state index >= 15 is 0 Å². The quantitative estimate of drug-likeness (QED) is 0.588. The van der Waals surface area contributed by atoms with Crippen LogP contribution in [0, 0.1) is 0 Å². The van der Waals surface area contributed by atoms with Crippen LogP contribution in [0.1, 0.15) is 5.56 Å². The molecule has 2 N–H and O–H groups in total. The third-order valence-electron chi connectivity index (χ3n) is 2.02. The first kappa shape index (κ1) is 9.40. The lowest BCUT2D eigenvalue weighted by Gasteiger charge is -2.04. The number of aromatic nitrogens is 1. The maximum absolute atomic E-state index is 8.58. The highest BCUT2D eigenvalue weighted by Crippen LogP contribution is 2.19. The number of para-hydroxylation sites is 1. The molecule has 0 aliphatic rings. The van der Waals surface area contributed by atoms with Crippen molar-refractivity contribution >= 4 is 22.5 Å². The standard InChI is InChI=1S/C10H9ClN2O/c11-10-8(6-12-14)5-7-3-1-2-4-9(7)13-10/h1-5,12,14H,6H2. The second-order valence-corrected chi connectivity index (χ2v) is 3.32. The number of fused-ring (bicyclic) bond motifs is 1. The Hall–Kier alpha value is -1.16. The maximum Gasteiger partial charge on any atom is 0.134 e. The Bertz CT molecular complexity index is 459. The molecule has 72 valence electrons. The number of hydroxylamine groups is 1. The fraction of sp³-hybridized carbons (Fsp3) is 0.100. The molecule has 1 aromatic carbocycles. The average molecular weight is 209 g/mol. The smallest absolute Gasteiger partial charge is 0.134 e. The van der Waals surface area contributed by atoms with Gasteiger partial charge in [-0.3, -0.25) is 0 Å². The zero-order valence-electron chi connectivity index (χ0n) is 7.37. The van der Waals surface area contributed by atoms with Crippen molar-refractivity contribution in [3.05, 3.63) is 41.0 Å². The summed E-state index contributed by atoms with van der Waals surface area (Å²) in [7, 11) is 0. The van der Waals surface area contributed by atoms with Gasteiger partial charge in [-0.1, -0.05) is 29.8 Å². The summed E-state index contributed by atoms with van der Waals surface area (Å²) in [6, 6.07) is 9.62. The molecule has 0 saturated carbocycles. The molecular formula is C10H9ClN2O. The zero-order chi connectivity index (χ0) is 9.97. The normalized spacial score (nSPS) is 10.7. The van der Waals surface area contributed by atoms with Gasteiger partial charge in [0.2, 0.25) is 0 Å². The Balaban J connectivity index is 2.59. The number of hydrogen-bond acceptors (Lipinski definition) is 3. The van der Waals surface area contributed by atoms with Gasteiger partial charge in [0.1, 0.15) is 5.15 Å². The number of nitrogens with zero attached hydrogens (tertiary/aromatic N) is 1. The van der Waals surface area contributed by atoms with Crippen LogP contribution in [-0.4, -0.2) is 10.2 Å². The Labute approximate surface area is 86.3 Å². The third kappa shape index (κ3) is 1.70. The van der Waals surface area contributed by atoms with E-state index in [1.165, 1.54) is 0 Å². The van der Waals surface area contributed by atoms with E-state index in [4.69, 9.17) is 16.8 Å². The van der Waals surface area contributed by atoms with E-state index in [0.717, 1.165) is 16.5 Å². The maximum atomic E-state index is 8.58. The molecule has 0 amide bonds. The predicted octanol–water partition coefficient (Wildman–Crippen LogP) is 2.37. The van der Waals surface area contributed by atoms with Gasteiger partial charge in [0.25, 0.3) is 0 Å². The van der Waals surface area contributed by atoms with Crippen LogP contribution >= 0.6 is 11.6 Å². The van der Waals surface area contributed by atoms with Gasteiger partial charge in [-0.15, -0.1) is 0 Å². The van der Waals surface area contributed by atoms with Gasteiger partial charge in [0.15, 0.2) is 0 Å². The second-order valence-electron chi connectivity index (χ2n) is 2.97. The van der Waals surface area contributed by atoms with Gasteiger partial charge < -0.3 is 5.21 Å². The summed E-state index contributed by atoms with van der Waals surface area (Å²) in [4.78, 5) is 4.21. The second kappa shape index (κ2) is 3.92. The first-order chi connectivity index (χ1) is 6.81. The third-order valence-corrected chi connectivity index (χ3v) is 2.35. The first-order valence-electron chi connectivity index (χ1n) is 4.22. The van der Waals surface area contributed by atoms with Crippen molar-refractivity contribution in [2.75, 3.05) is 0 Å². The Morgan fingerprint density at radius 2 is 2.14 bits per heavy atom. The molecule has 1 heterocycles. The van der Waals surface area contributed by atoms with Crippen LogP contribution in [0.2, 0.25) is 5.15 Å². The lowest BCUT2D eigenvalue weighted by molar-refractivity contribution is 0.161. The van der Waals surface area contributed by atoms with Crippen molar-refractivity contribution in [2.24, 2.45) is 0 Å². The van der Waals surface area contributed by atoms with Crippen LogP contribution in [0.3, 0.4) is 0 Å². The Morgan fingerprint density at radius 3 is 2.93 bits per heavy atom. The molecule has 0 atom stereocenters. The van der Waals surface area contributed by atoms with Gasteiger partial charge in [0.05, 0.1) is 5.52 Å². The minimum absolute atomic E-state index is 0.302. The Kier molecular flexibility index (Phi) is 2.63. The molecule has 4 heteroatoms. The largest absolute Gasteiger partial charge is 0.316 e. The molecule has 0 fully saturated rings. The highest BCUT2D eigenvalue weighted by Gasteiger charge is 2.03. The van der Waals surface area contributed by atoms with Crippen molar-refractivity contribution in [2.45, 2.75) is 6.54 Å². The summed E-state index contributed by atoms with van der Waals surface area (Å²) in [5.74, 6) is 0. The molecule has 0 aliphatic carbocycles. The van der Waals surface area contributed by atoms with Crippen LogP contribution in [0.4, 0.5) is 0 Å². The van der Waals surface area contributed by atoms with Gasteiger partial charge in [-0.2, -0.15) is 0 Å². The lowest BCUT2D eigenvalue weighted by Crippen LogP contribution is -2.07. The molecule has 0 radical (unpaired) electrons. The number of nitrogens with one attached hydrogen (secondary N) is 1. The summed E-state index contributed by atoms with van der Waals surface area (Å²) in [6.45, 7) is 0.302. The lowest BCUT2D eigenvalue weighted by atomic mass is 10.1. The molecule has 0 unspecified atom stereocenters. The first-order valence-corrected chi connectivity index (χ1v) is 4.60. The molecule has 2 aromatic rings. The summed E-state index contributed by atoms with van der Waals surface area (Å²) < 4.78 is 0. The fourth-order valence-corrected chi connectivity index (χ4v) is 1.56. The van der Waals surface area contributed by atoms with Gasteiger partial charge >= 0.3 is 0 Å². The molecular weight excluding hydrogens is 200 g/mol. The topological polar surface area (TPSA) is 45.1 Å². The highest BCUT2D eigenvalue weighted by atomic mass is 35.5. The van der Waals surface area contributed by atoms with Crippen LogP contribution in [0.15, 0.2) is 30.3 Å². The van der Waals surface area contributed by atoms with Crippen LogP contribution in [0.5, 0.6) is 0 Å². The predicted molar refractivity (Wildman–Crippen MR) is 55.4 cm³/mol. The van der Waals surface area contributed by atoms with Crippen molar-refractivity contribution in [1.82, 2.24) is 10.5 Å². The van der Waals surface area contributed by atoms with Gasteiger partial charge in [0, 0.05) is 17.5 Å². The molecule has 0 spiro atoms. The molecule has 2 rings (SSSR count). The number of rotatable bonds is 2.